The van der Waals surface area contributed by atoms with Crippen LogP contribution < -0.4 is 0 Å². The molecule has 26 heavy (non-hydrogen) atoms. The maximum absolute atomic E-state index is 13.4. The normalized spacial score (nSPS) is 13.2. The fourth-order valence-electron chi connectivity index (χ4n) is 2.84. The summed E-state index contributed by atoms with van der Waals surface area (Å²) in [6, 6.07) is 10.9. The second kappa shape index (κ2) is 5.99. The predicted octanol–water partition coefficient (Wildman–Crippen LogP) is 3.50. The molecule has 0 spiro atoms. The fourth-order valence-corrected chi connectivity index (χ4v) is 2.84. The van der Waals surface area contributed by atoms with Gasteiger partial charge in [-0.2, -0.15) is 5.10 Å². The third kappa shape index (κ3) is 2.84. The topological polar surface area (TPSA) is 79.6 Å². The number of aliphatic hydroxyl groups excluding tert-OH is 1. The number of aromatic amines is 1. The fraction of sp³-hybridized carbons (Fsp3) is 0.167. The number of aliphatic hydroxyl groups is 1. The van der Waals surface area contributed by atoms with Gasteiger partial charge in [-0.1, -0.05) is 12.1 Å². The number of aromatic nitrogens is 5. The number of hydrogen-bond acceptors (Lipinski definition) is 4. The molecule has 0 radical (unpaired) electrons. The van der Waals surface area contributed by atoms with Crippen molar-refractivity contribution in [2.75, 3.05) is 0 Å². The molecule has 0 saturated heterocycles. The quantitative estimate of drug-likeness (QED) is 0.587. The SMILES string of the molecule is CC(F)(F)[C@H](O)c1cnc2c(ccn2-c2cccc(-c3ncn[nH]3)c2)c1. The number of fused-ring (bicyclic) bond motifs is 1. The van der Waals surface area contributed by atoms with E-state index in [1.165, 1.54) is 18.6 Å². The lowest BCUT2D eigenvalue weighted by molar-refractivity contribution is -0.0954. The van der Waals surface area contributed by atoms with Gasteiger partial charge in [0, 0.05) is 41.5 Å². The Balaban J connectivity index is 1.76. The standard InChI is InChI=1S/C18H15F2N5O/c1-18(19,20)15(26)13-7-12-5-6-25(17(12)21-9-13)14-4-2-3-11(8-14)16-22-10-23-24-16/h2-10,15,26H,1H3,(H,22,23,24)/t15-/m1/s1. The van der Waals surface area contributed by atoms with E-state index in [4.69, 9.17) is 0 Å². The number of benzene rings is 1. The average Bonchev–Trinajstić information content (AvgIpc) is 3.29. The van der Waals surface area contributed by atoms with Crippen LogP contribution in [0.5, 0.6) is 0 Å². The molecule has 1 aromatic carbocycles. The van der Waals surface area contributed by atoms with E-state index >= 15 is 0 Å². The second-order valence-corrected chi connectivity index (χ2v) is 6.11. The van der Waals surface area contributed by atoms with Gasteiger partial charge in [0.15, 0.2) is 5.82 Å². The first-order chi connectivity index (χ1) is 12.4. The summed E-state index contributed by atoms with van der Waals surface area (Å²) in [7, 11) is 0. The summed E-state index contributed by atoms with van der Waals surface area (Å²) in [5.41, 5.74) is 2.39. The number of rotatable bonds is 4. The third-order valence-corrected chi connectivity index (χ3v) is 4.16. The molecule has 6 nitrogen and oxygen atoms in total. The zero-order valence-electron chi connectivity index (χ0n) is 13.8. The van der Waals surface area contributed by atoms with Crippen LogP contribution in [0, 0.1) is 0 Å². The Bertz CT molecular complexity index is 1050. The van der Waals surface area contributed by atoms with Gasteiger partial charge in [0.05, 0.1) is 0 Å². The molecule has 0 unspecified atom stereocenters. The Morgan fingerprint density at radius 1 is 1.19 bits per heavy atom. The van der Waals surface area contributed by atoms with Gasteiger partial charge >= 0.3 is 0 Å². The molecule has 0 saturated carbocycles. The number of H-pyrrole nitrogens is 1. The van der Waals surface area contributed by atoms with Crippen molar-refractivity contribution in [3.8, 4) is 17.1 Å². The molecule has 132 valence electrons. The molecule has 1 atom stereocenters. The lowest BCUT2D eigenvalue weighted by Gasteiger charge is -2.18. The van der Waals surface area contributed by atoms with Gasteiger partial charge in [-0.05, 0) is 24.3 Å². The highest BCUT2D eigenvalue weighted by Crippen LogP contribution is 2.32. The van der Waals surface area contributed by atoms with E-state index in [0.29, 0.717) is 23.8 Å². The Kier molecular flexibility index (Phi) is 3.77. The number of nitrogens with one attached hydrogen (secondary N) is 1. The monoisotopic (exact) mass is 355 g/mol. The van der Waals surface area contributed by atoms with Crippen molar-refractivity contribution in [3.05, 3.63) is 60.7 Å². The van der Waals surface area contributed by atoms with Crippen molar-refractivity contribution >= 4 is 11.0 Å². The third-order valence-electron chi connectivity index (χ3n) is 4.16. The number of halogens is 2. The van der Waals surface area contributed by atoms with Crippen molar-refractivity contribution < 1.29 is 13.9 Å². The molecule has 0 aliphatic rings. The molecule has 8 heteroatoms. The average molecular weight is 355 g/mol. The Hall–Kier alpha value is -3.13. The van der Waals surface area contributed by atoms with Crippen LogP contribution in [0.4, 0.5) is 8.78 Å². The lowest BCUT2D eigenvalue weighted by Crippen LogP contribution is -2.21. The van der Waals surface area contributed by atoms with Crippen LogP contribution in [-0.4, -0.2) is 35.8 Å². The number of nitrogens with zero attached hydrogens (tertiary/aromatic N) is 4. The van der Waals surface area contributed by atoms with Crippen molar-refractivity contribution in [2.24, 2.45) is 0 Å². The first kappa shape index (κ1) is 16.3. The Labute approximate surface area is 147 Å². The van der Waals surface area contributed by atoms with Crippen LogP contribution in [-0.2, 0) is 0 Å². The van der Waals surface area contributed by atoms with Crippen molar-refractivity contribution in [1.82, 2.24) is 24.7 Å². The van der Waals surface area contributed by atoms with Crippen LogP contribution in [0.25, 0.3) is 28.1 Å². The molecule has 4 aromatic rings. The van der Waals surface area contributed by atoms with Crippen molar-refractivity contribution in [2.45, 2.75) is 19.0 Å². The largest absolute Gasteiger partial charge is 0.382 e. The molecule has 0 bridgehead atoms. The maximum Gasteiger partial charge on any atom is 0.274 e. The molecular weight excluding hydrogens is 340 g/mol. The first-order valence-electron chi connectivity index (χ1n) is 7.92. The minimum atomic E-state index is -3.23. The van der Waals surface area contributed by atoms with Gasteiger partial charge in [-0.25, -0.2) is 18.7 Å². The van der Waals surface area contributed by atoms with Crippen LogP contribution in [0.1, 0.15) is 18.6 Å². The summed E-state index contributed by atoms with van der Waals surface area (Å²) in [4.78, 5) is 8.41. The number of pyridine rings is 1. The molecule has 0 amide bonds. The molecule has 3 heterocycles. The second-order valence-electron chi connectivity index (χ2n) is 6.11. The molecule has 0 fully saturated rings. The minimum absolute atomic E-state index is 0.0816. The van der Waals surface area contributed by atoms with Crippen LogP contribution in [0.15, 0.2) is 55.1 Å². The molecule has 2 N–H and O–H groups in total. The smallest absolute Gasteiger partial charge is 0.274 e. The Morgan fingerprint density at radius 2 is 2.04 bits per heavy atom. The van der Waals surface area contributed by atoms with E-state index in [1.54, 1.807) is 12.3 Å². The highest BCUT2D eigenvalue weighted by atomic mass is 19.3. The van der Waals surface area contributed by atoms with Gasteiger partial charge in [-0.3, -0.25) is 5.10 Å². The van der Waals surface area contributed by atoms with Crippen molar-refractivity contribution in [1.29, 1.82) is 0 Å². The van der Waals surface area contributed by atoms with Crippen LogP contribution in [0.2, 0.25) is 0 Å². The predicted molar refractivity (Wildman–Crippen MR) is 92.0 cm³/mol. The Morgan fingerprint density at radius 3 is 2.77 bits per heavy atom. The molecule has 0 aliphatic heterocycles. The van der Waals surface area contributed by atoms with Crippen molar-refractivity contribution in [3.63, 3.8) is 0 Å². The zero-order chi connectivity index (χ0) is 18.3. The molecule has 0 aliphatic carbocycles. The first-order valence-corrected chi connectivity index (χ1v) is 7.92. The molecule has 4 rings (SSSR count). The highest BCUT2D eigenvalue weighted by molar-refractivity contribution is 5.79. The van der Waals surface area contributed by atoms with Gasteiger partial charge in [0.1, 0.15) is 18.1 Å². The van der Waals surface area contributed by atoms with E-state index in [-0.39, 0.29) is 5.56 Å². The van der Waals surface area contributed by atoms with Gasteiger partial charge in [0.25, 0.3) is 5.92 Å². The van der Waals surface area contributed by atoms with E-state index < -0.39 is 12.0 Å². The summed E-state index contributed by atoms with van der Waals surface area (Å²) in [5.74, 6) is -2.59. The zero-order valence-corrected chi connectivity index (χ0v) is 13.8. The number of alkyl halides is 2. The number of hydrogen-bond donors (Lipinski definition) is 2. The van der Waals surface area contributed by atoms with E-state index in [9.17, 15) is 13.9 Å². The van der Waals surface area contributed by atoms with Gasteiger partial charge < -0.3 is 9.67 Å². The van der Waals surface area contributed by atoms with E-state index in [2.05, 4.69) is 20.2 Å². The molecular formula is C18H15F2N5O. The summed E-state index contributed by atoms with van der Waals surface area (Å²) < 4.78 is 28.6. The lowest BCUT2D eigenvalue weighted by atomic mass is 10.1. The summed E-state index contributed by atoms with van der Waals surface area (Å²) in [5, 5.41) is 17.1. The van der Waals surface area contributed by atoms with E-state index in [0.717, 1.165) is 11.3 Å². The van der Waals surface area contributed by atoms with Crippen LogP contribution in [0.3, 0.4) is 0 Å². The maximum atomic E-state index is 13.4. The summed E-state index contributed by atoms with van der Waals surface area (Å²) in [6.07, 6.45) is 2.63. The van der Waals surface area contributed by atoms with E-state index in [1.807, 2.05) is 28.8 Å². The minimum Gasteiger partial charge on any atom is -0.382 e. The van der Waals surface area contributed by atoms with Crippen LogP contribution >= 0.6 is 0 Å². The summed E-state index contributed by atoms with van der Waals surface area (Å²) in [6.45, 7) is 0.683. The van der Waals surface area contributed by atoms with Gasteiger partial charge in [0.2, 0.25) is 0 Å². The van der Waals surface area contributed by atoms with Gasteiger partial charge in [-0.15, -0.1) is 0 Å². The molecule has 3 aromatic heterocycles. The summed E-state index contributed by atoms with van der Waals surface area (Å²) >= 11 is 0. The highest BCUT2D eigenvalue weighted by Gasteiger charge is 2.34.